The van der Waals surface area contributed by atoms with Crippen LogP contribution in [0.2, 0.25) is 0 Å². The van der Waals surface area contributed by atoms with Crippen LogP contribution in [-0.4, -0.2) is 27.0 Å². The summed E-state index contributed by atoms with van der Waals surface area (Å²) in [7, 11) is 1.64. The third-order valence-corrected chi connectivity index (χ3v) is 4.50. The molecule has 1 aromatic heterocycles. The molecule has 0 radical (unpaired) electrons. The third kappa shape index (κ3) is 3.58. The standard InChI is InChI=1S/C19H21N3O2S/c1-12(2)14-6-9-17(23)16(10-14)18-20-21-19(25)22(18)11-13-4-7-15(24-3)8-5-13/h4-10,12,23H,11H2,1-3H3,(H,21,25). The monoisotopic (exact) mass is 355 g/mol. The Morgan fingerprint density at radius 1 is 1.20 bits per heavy atom. The molecule has 6 heteroatoms. The van der Waals surface area contributed by atoms with Crippen molar-refractivity contribution in [3.8, 4) is 22.9 Å². The van der Waals surface area contributed by atoms with E-state index < -0.39 is 0 Å². The van der Waals surface area contributed by atoms with Crippen LogP contribution in [0.3, 0.4) is 0 Å². The van der Waals surface area contributed by atoms with Crippen LogP contribution in [0.4, 0.5) is 0 Å². The predicted molar refractivity (Wildman–Crippen MR) is 101 cm³/mol. The first-order valence-electron chi connectivity index (χ1n) is 8.11. The minimum atomic E-state index is 0.189. The highest BCUT2D eigenvalue weighted by Crippen LogP contribution is 2.31. The molecule has 1 heterocycles. The molecule has 2 aromatic carbocycles. The number of aromatic amines is 1. The smallest absolute Gasteiger partial charge is 0.195 e. The Morgan fingerprint density at radius 2 is 1.92 bits per heavy atom. The first-order chi connectivity index (χ1) is 12.0. The molecule has 0 atom stereocenters. The van der Waals surface area contributed by atoms with E-state index in [1.54, 1.807) is 13.2 Å². The summed E-state index contributed by atoms with van der Waals surface area (Å²) >= 11 is 5.39. The van der Waals surface area contributed by atoms with Crippen molar-refractivity contribution in [3.63, 3.8) is 0 Å². The van der Waals surface area contributed by atoms with Crippen LogP contribution in [-0.2, 0) is 6.54 Å². The highest BCUT2D eigenvalue weighted by molar-refractivity contribution is 7.71. The van der Waals surface area contributed by atoms with Crippen LogP contribution in [0.25, 0.3) is 11.4 Å². The number of rotatable bonds is 5. The molecule has 0 aliphatic heterocycles. The average Bonchev–Trinajstić information content (AvgIpc) is 2.96. The van der Waals surface area contributed by atoms with E-state index in [9.17, 15) is 5.11 Å². The summed E-state index contributed by atoms with van der Waals surface area (Å²) in [6.07, 6.45) is 0. The van der Waals surface area contributed by atoms with Gasteiger partial charge in [0.2, 0.25) is 0 Å². The van der Waals surface area contributed by atoms with Crippen LogP contribution in [0, 0.1) is 4.77 Å². The van der Waals surface area contributed by atoms with E-state index in [0.717, 1.165) is 16.9 Å². The van der Waals surface area contributed by atoms with Crippen molar-refractivity contribution in [3.05, 3.63) is 58.4 Å². The van der Waals surface area contributed by atoms with E-state index >= 15 is 0 Å². The molecule has 130 valence electrons. The quantitative estimate of drug-likeness (QED) is 0.662. The zero-order valence-corrected chi connectivity index (χ0v) is 15.3. The van der Waals surface area contributed by atoms with Crippen LogP contribution < -0.4 is 4.74 Å². The van der Waals surface area contributed by atoms with Crippen LogP contribution in [0.5, 0.6) is 11.5 Å². The lowest BCUT2D eigenvalue weighted by molar-refractivity contribution is 0.414. The average molecular weight is 355 g/mol. The van der Waals surface area contributed by atoms with Crippen LogP contribution in [0.15, 0.2) is 42.5 Å². The molecule has 0 aliphatic carbocycles. The lowest BCUT2D eigenvalue weighted by Gasteiger charge is -2.12. The summed E-state index contributed by atoms with van der Waals surface area (Å²) < 4.78 is 7.59. The minimum Gasteiger partial charge on any atom is -0.507 e. The van der Waals surface area contributed by atoms with E-state index in [0.29, 0.717) is 28.6 Å². The van der Waals surface area contributed by atoms with Crippen molar-refractivity contribution in [2.24, 2.45) is 0 Å². The Balaban J connectivity index is 2.02. The molecule has 0 spiro atoms. The minimum absolute atomic E-state index is 0.189. The summed E-state index contributed by atoms with van der Waals surface area (Å²) in [6.45, 7) is 4.79. The Labute approximate surface area is 151 Å². The van der Waals surface area contributed by atoms with Gasteiger partial charge in [-0.05, 0) is 53.5 Å². The number of methoxy groups -OCH3 is 1. The molecule has 0 amide bonds. The van der Waals surface area contributed by atoms with E-state index in [-0.39, 0.29) is 5.75 Å². The number of aromatic hydroxyl groups is 1. The zero-order valence-electron chi connectivity index (χ0n) is 14.5. The highest BCUT2D eigenvalue weighted by atomic mass is 32.1. The Morgan fingerprint density at radius 3 is 2.56 bits per heavy atom. The Bertz CT molecular complexity index is 927. The van der Waals surface area contributed by atoms with Crippen molar-refractivity contribution in [1.82, 2.24) is 14.8 Å². The third-order valence-electron chi connectivity index (χ3n) is 4.19. The number of phenolic OH excluding ortho intramolecular Hbond substituents is 1. The second-order valence-electron chi connectivity index (χ2n) is 6.22. The number of nitrogens with one attached hydrogen (secondary N) is 1. The Kier molecular flexibility index (Phi) is 4.90. The summed E-state index contributed by atoms with van der Waals surface area (Å²) in [6, 6.07) is 13.4. The maximum Gasteiger partial charge on any atom is 0.195 e. The Hall–Kier alpha value is -2.60. The van der Waals surface area contributed by atoms with Crippen LogP contribution in [0.1, 0.15) is 30.9 Å². The molecule has 0 unspecified atom stereocenters. The fourth-order valence-electron chi connectivity index (χ4n) is 2.68. The van der Waals surface area contributed by atoms with Gasteiger partial charge < -0.3 is 9.84 Å². The fraction of sp³-hybridized carbons (Fsp3) is 0.263. The SMILES string of the molecule is COc1ccc(Cn2c(-c3cc(C(C)C)ccc3O)n[nH]c2=S)cc1. The molecule has 0 fully saturated rings. The molecule has 3 aromatic rings. The van der Waals surface area contributed by atoms with Gasteiger partial charge in [0.25, 0.3) is 0 Å². The van der Waals surface area contributed by atoms with Gasteiger partial charge in [0.1, 0.15) is 11.5 Å². The van der Waals surface area contributed by atoms with Crippen molar-refractivity contribution in [2.75, 3.05) is 7.11 Å². The van der Waals surface area contributed by atoms with Gasteiger partial charge >= 0.3 is 0 Å². The van der Waals surface area contributed by atoms with Crippen molar-refractivity contribution in [1.29, 1.82) is 0 Å². The largest absolute Gasteiger partial charge is 0.507 e. The van der Waals surface area contributed by atoms with Crippen LogP contribution >= 0.6 is 12.2 Å². The molecular weight excluding hydrogens is 334 g/mol. The summed E-state index contributed by atoms with van der Waals surface area (Å²) in [5.74, 6) is 1.98. The molecule has 5 nitrogen and oxygen atoms in total. The van der Waals surface area contributed by atoms with Gasteiger partial charge in [0, 0.05) is 0 Å². The van der Waals surface area contributed by atoms with E-state index in [2.05, 4.69) is 24.0 Å². The molecule has 0 bridgehead atoms. The zero-order chi connectivity index (χ0) is 18.0. The second kappa shape index (κ2) is 7.11. The molecule has 25 heavy (non-hydrogen) atoms. The van der Waals surface area contributed by atoms with Crippen molar-refractivity contribution in [2.45, 2.75) is 26.3 Å². The fourth-order valence-corrected chi connectivity index (χ4v) is 2.87. The lowest BCUT2D eigenvalue weighted by Crippen LogP contribution is -2.03. The topological polar surface area (TPSA) is 63.1 Å². The van der Waals surface area contributed by atoms with Gasteiger partial charge in [-0.1, -0.05) is 32.0 Å². The lowest BCUT2D eigenvalue weighted by atomic mass is 10.00. The van der Waals surface area contributed by atoms with E-state index in [1.165, 1.54) is 0 Å². The summed E-state index contributed by atoms with van der Waals surface area (Å²) in [4.78, 5) is 0. The number of ether oxygens (including phenoxy) is 1. The maximum absolute atomic E-state index is 10.3. The first kappa shape index (κ1) is 17.2. The van der Waals surface area contributed by atoms with Crippen molar-refractivity contribution >= 4 is 12.2 Å². The number of phenols is 1. The van der Waals surface area contributed by atoms with Crippen molar-refractivity contribution < 1.29 is 9.84 Å². The number of H-pyrrole nitrogens is 1. The molecule has 3 rings (SSSR count). The van der Waals surface area contributed by atoms with Gasteiger partial charge in [-0.3, -0.25) is 9.67 Å². The highest BCUT2D eigenvalue weighted by Gasteiger charge is 2.15. The van der Waals surface area contributed by atoms with Gasteiger partial charge in [-0.15, -0.1) is 0 Å². The van der Waals surface area contributed by atoms with E-state index in [4.69, 9.17) is 17.0 Å². The molecule has 0 saturated carbocycles. The predicted octanol–water partition coefficient (Wildman–Crippen LogP) is 4.49. The number of hydrogen-bond acceptors (Lipinski definition) is 4. The number of benzene rings is 2. The first-order valence-corrected chi connectivity index (χ1v) is 8.52. The molecular formula is C19H21N3O2S. The molecule has 0 saturated heterocycles. The maximum atomic E-state index is 10.3. The van der Waals surface area contributed by atoms with Gasteiger partial charge in [-0.25, -0.2) is 0 Å². The summed E-state index contributed by atoms with van der Waals surface area (Å²) in [5, 5.41) is 17.5. The normalized spacial score (nSPS) is 11.0. The van der Waals surface area contributed by atoms with Gasteiger partial charge in [0.15, 0.2) is 10.6 Å². The van der Waals surface area contributed by atoms with Gasteiger partial charge in [-0.2, -0.15) is 5.10 Å². The number of nitrogens with zero attached hydrogens (tertiary/aromatic N) is 2. The molecule has 2 N–H and O–H groups in total. The summed E-state index contributed by atoms with van der Waals surface area (Å²) in [5.41, 5.74) is 2.88. The number of hydrogen-bond donors (Lipinski definition) is 2. The van der Waals surface area contributed by atoms with Gasteiger partial charge in [0.05, 0.1) is 19.2 Å². The molecule has 0 aliphatic rings. The second-order valence-corrected chi connectivity index (χ2v) is 6.60. The van der Waals surface area contributed by atoms with E-state index in [1.807, 2.05) is 41.0 Å². The number of aromatic nitrogens is 3.